The number of anilines is 2. The van der Waals surface area contributed by atoms with Crippen molar-refractivity contribution in [2.24, 2.45) is 0 Å². The Labute approximate surface area is 163 Å². The molecule has 0 unspecified atom stereocenters. The molecule has 2 aromatic carbocycles. The molecule has 0 saturated carbocycles. The number of aromatic carboxylic acids is 1. The second kappa shape index (κ2) is 8.66. The smallest absolute Gasteiger partial charge is 0.339 e. The molecular weight excluding hydrogens is 368 g/mol. The van der Waals surface area contributed by atoms with E-state index in [0.29, 0.717) is 23.8 Å². The maximum Gasteiger partial charge on any atom is 0.339 e. The first kappa shape index (κ1) is 20.4. The van der Waals surface area contributed by atoms with Crippen LogP contribution in [0.1, 0.15) is 16.2 Å². The third-order valence-electron chi connectivity index (χ3n) is 3.92. The molecule has 0 atom stereocenters. The lowest BCUT2D eigenvalue weighted by molar-refractivity contribution is 0.0694. The van der Waals surface area contributed by atoms with Gasteiger partial charge in [-0.25, -0.2) is 14.8 Å². The molecule has 0 aliphatic heterocycles. The van der Waals surface area contributed by atoms with E-state index in [4.69, 9.17) is 5.11 Å². The van der Waals surface area contributed by atoms with Crippen LogP contribution in [0.5, 0.6) is 5.75 Å². The van der Waals surface area contributed by atoms with Crippen molar-refractivity contribution in [2.75, 3.05) is 26.0 Å². The molecule has 0 aliphatic carbocycles. The number of nitrogens with zero attached hydrogens (tertiary/aromatic N) is 3. The highest BCUT2D eigenvalue weighted by molar-refractivity contribution is 5.93. The van der Waals surface area contributed by atoms with Crippen LogP contribution in [-0.4, -0.2) is 51.7 Å². The van der Waals surface area contributed by atoms with Gasteiger partial charge < -0.3 is 20.4 Å². The Morgan fingerprint density at radius 3 is 2.56 bits per heavy atom. The van der Waals surface area contributed by atoms with E-state index in [-0.39, 0.29) is 23.7 Å². The van der Waals surface area contributed by atoms with Crippen LogP contribution in [0.25, 0.3) is 10.9 Å². The number of likely N-dealkylation sites (N-methyl/N-ethyl adjacent to an activating group) is 1. The van der Waals surface area contributed by atoms with Crippen LogP contribution in [-0.2, 0) is 6.42 Å². The van der Waals surface area contributed by atoms with E-state index in [1.807, 2.05) is 38.4 Å². The van der Waals surface area contributed by atoms with E-state index < -0.39 is 5.97 Å². The number of benzene rings is 2. The van der Waals surface area contributed by atoms with Crippen molar-refractivity contribution in [1.82, 2.24) is 14.9 Å². The molecule has 27 heavy (non-hydrogen) atoms. The van der Waals surface area contributed by atoms with Crippen LogP contribution >= 0.6 is 12.4 Å². The van der Waals surface area contributed by atoms with Crippen molar-refractivity contribution in [3.63, 3.8) is 0 Å². The van der Waals surface area contributed by atoms with Crippen molar-refractivity contribution in [3.8, 4) is 5.75 Å². The monoisotopic (exact) mass is 388 g/mol. The topological polar surface area (TPSA) is 98.6 Å². The van der Waals surface area contributed by atoms with Crippen LogP contribution in [0.15, 0.2) is 42.5 Å². The molecule has 1 aromatic heterocycles. The van der Waals surface area contributed by atoms with Gasteiger partial charge in [-0.15, -0.1) is 12.4 Å². The number of phenols is 1. The number of hydrogen-bond donors (Lipinski definition) is 3. The normalized spacial score (nSPS) is 10.6. The number of carboxylic acid groups (broad SMARTS) is 1. The number of aromatic nitrogens is 2. The largest absolute Gasteiger partial charge is 0.507 e. The lowest BCUT2D eigenvalue weighted by Gasteiger charge is -2.13. The summed E-state index contributed by atoms with van der Waals surface area (Å²) >= 11 is 0. The molecule has 3 aromatic rings. The van der Waals surface area contributed by atoms with Crippen molar-refractivity contribution < 1.29 is 15.0 Å². The number of fused-ring (bicyclic) bond motifs is 1. The van der Waals surface area contributed by atoms with Gasteiger partial charge in [0.25, 0.3) is 0 Å². The summed E-state index contributed by atoms with van der Waals surface area (Å²) in [5.74, 6) is -0.140. The lowest BCUT2D eigenvalue weighted by atomic mass is 10.1. The Kier molecular flexibility index (Phi) is 6.55. The molecule has 0 saturated heterocycles. The van der Waals surface area contributed by atoms with E-state index in [0.717, 1.165) is 17.4 Å². The first-order chi connectivity index (χ1) is 12.4. The molecule has 1 heterocycles. The number of aromatic hydroxyl groups is 1. The van der Waals surface area contributed by atoms with Crippen LogP contribution in [0.3, 0.4) is 0 Å². The predicted octanol–water partition coefficient (Wildman–Crippen LogP) is 3.30. The fourth-order valence-electron chi connectivity index (χ4n) is 2.58. The summed E-state index contributed by atoms with van der Waals surface area (Å²) in [6, 6.07) is 12.0. The molecule has 3 N–H and O–H groups in total. The standard InChI is InChI=1S/C19H20N4O3.ClH/c1-23(2)10-9-17-21-15-6-4-3-5-13(15)18(22-17)20-12-7-8-14(19(25)26)16(24)11-12;/h3-8,11,24H,9-10H2,1-2H3,(H,25,26)(H,20,21,22);1H. The third-order valence-corrected chi connectivity index (χ3v) is 3.92. The Morgan fingerprint density at radius 2 is 1.89 bits per heavy atom. The van der Waals surface area contributed by atoms with Crippen LogP contribution in [0.4, 0.5) is 11.5 Å². The second-order valence-electron chi connectivity index (χ2n) is 6.22. The number of rotatable bonds is 6. The van der Waals surface area contributed by atoms with Gasteiger partial charge in [0, 0.05) is 30.1 Å². The number of carboxylic acids is 1. The van der Waals surface area contributed by atoms with Crippen molar-refractivity contribution >= 4 is 40.8 Å². The van der Waals surface area contributed by atoms with E-state index >= 15 is 0 Å². The van der Waals surface area contributed by atoms with Crippen molar-refractivity contribution in [1.29, 1.82) is 0 Å². The minimum absolute atomic E-state index is 0. The average Bonchev–Trinajstić information content (AvgIpc) is 2.59. The zero-order chi connectivity index (χ0) is 18.7. The van der Waals surface area contributed by atoms with Gasteiger partial charge in [0.15, 0.2) is 0 Å². The lowest BCUT2D eigenvalue weighted by Crippen LogP contribution is -2.16. The van der Waals surface area contributed by atoms with Gasteiger partial charge in [0.1, 0.15) is 23.0 Å². The number of halogens is 1. The summed E-state index contributed by atoms with van der Waals surface area (Å²) in [7, 11) is 3.99. The predicted molar refractivity (Wildman–Crippen MR) is 107 cm³/mol. The highest BCUT2D eigenvalue weighted by atomic mass is 35.5. The summed E-state index contributed by atoms with van der Waals surface area (Å²) in [6.45, 7) is 0.825. The quantitative estimate of drug-likeness (QED) is 0.595. The van der Waals surface area contributed by atoms with Gasteiger partial charge in [-0.05, 0) is 38.4 Å². The Morgan fingerprint density at radius 1 is 1.15 bits per heavy atom. The Bertz CT molecular complexity index is 963. The average molecular weight is 389 g/mol. The summed E-state index contributed by atoms with van der Waals surface area (Å²) in [4.78, 5) is 22.3. The molecular formula is C19H21ClN4O3. The van der Waals surface area contributed by atoms with Crippen molar-refractivity contribution in [2.45, 2.75) is 6.42 Å². The number of carbonyl (C=O) groups is 1. The molecule has 0 spiro atoms. The number of para-hydroxylation sites is 1. The summed E-state index contributed by atoms with van der Waals surface area (Å²) in [5.41, 5.74) is 1.23. The molecule has 0 aliphatic rings. The molecule has 3 rings (SSSR count). The van der Waals surface area contributed by atoms with Gasteiger partial charge in [0.2, 0.25) is 0 Å². The number of nitrogens with one attached hydrogen (secondary N) is 1. The highest BCUT2D eigenvalue weighted by Gasteiger charge is 2.12. The molecule has 0 amide bonds. The second-order valence-corrected chi connectivity index (χ2v) is 6.22. The minimum atomic E-state index is -1.17. The fraction of sp³-hybridized carbons (Fsp3) is 0.211. The molecule has 8 heteroatoms. The van der Waals surface area contributed by atoms with Crippen LogP contribution in [0.2, 0.25) is 0 Å². The summed E-state index contributed by atoms with van der Waals surface area (Å²) < 4.78 is 0. The van der Waals surface area contributed by atoms with Crippen LogP contribution < -0.4 is 5.32 Å². The Hall–Kier alpha value is -2.90. The van der Waals surface area contributed by atoms with E-state index in [9.17, 15) is 9.90 Å². The summed E-state index contributed by atoms with van der Waals surface area (Å²) in [6.07, 6.45) is 0.704. The highest BCUT2D eigenvalue weighted by Crippen LogP contribution is 2.27. The zero-order valence-electron chi connectivity index (χ0n) is 15.0. The van der Waals surface area contributed by atoms with Crippen molar-refractivity contribution in [3.05, 3.63) is 53.9 Å². The van der Waals surface area contributed by atoms with Gasteiger partial charge in [0.05, 0.1) is 5.52 Å². The first-order valence-electron chi connectivity index (χ1n) is 8.18. The first-order valence-corrected chi connectivity index (χ1v) is 8.18. The SMILES string of the molecule is CN(C)CCc1nc(Nc2ccc(C(=O)O)c(O)c2)c2ccccc2n1.Cl. The van der Waals surface area contributed by atoms with Gasteiger partial charge in [-0.3, -0.25) is 0 Å². The van der Waals surface area contributed by atoms with E-state index in [1.54, 1.807) is 6.07 Å². The van der Waals surface area contributed by atoms with E-state index in [1.165, 1.54) is 12.1 Å². The molecule has 7 nitrogen and oxygen atoms in total. The van der Waals surface area contributed by atoms with E-state index in [2.05, 4.69) is 20.2 Å². The number of hydrogen-bond acceptors (Lipinski definition) is 6. The molecule has 142 valence electrons. The summed E-state index contributed by atoms with van der Waals surface area (Å²) in [5, 5.41) is 22.9. The molecule has 0 bridgehead atoms. The van der Waals surface area contributed by atoms with Gasteiger partial charge in [-0.2, -0.15) is 0 Å². The maximum atomic E-state index is 11.0. The molecule has 0 radical (unpaired) electrons. The zero-order valence-corrected chi connectivity index (χ0v) is 15.8. The van der Waals surface area contributed by atoms with Crippen LogP contribution in [0, 0.1) is 0 Å². The fourth-order valence-corrected chi connectivity index (χ4v) is 2.58. The third kappa shape index (κ3) is 4.84. The van der Waals surface area contributed by atoms with Gasteiger partial charge >= 0.3 is 5.97 Å². The molecule has 0 fully saturated rings. The Balaban J connectivity index is 0.00000261. The minimum Gasteiger partial charge on any atom is -0.507 e. The van der Waals surface area contributed by atoms with Gasteiger partial charge in [-0.1, -0.05) is 12.1 Å². The maximum absolute atomic E-state index is 11.0.